The highest BCUT2D eigenvalue weighted by Gasteiger charge is 2.30. The molecule has 184 valence electrons. The van der Waals surface area contributed by atoms with E-state index in [2.05, 4.69) is 56.7 Å². The molecule has 0 saturated carbocycles. The van der Waals surface area contributed by atoms with E-state index >= 15 is 0 Å². The van der Waals surface area contributed by atoms with Crippen molar-refractivity contribution in [1.29, 1.82) is 0 Å². The Hall–Kier alpha value is -2.13. The lowest BCUT2D eigenvalue weighted by molar-refractivity contribution is -0.274. The molecule has 6 heteroatoms. The van der Waals surface area contributed by atoms with Crippen molar-refractivity contribution in [3.63, 3.8) is 0 Å². The van der Waals surface area contributed by atoms with Crippen molar-refractivity contribution in [2.75, 3.05) is 19.7 Å². The highest BCUT2D eigenvalue weighted by atomic mass is 19.4. The maximum Gasteiger partial charge on any atom is 0.573 e. The van der Waals surface area contributed by atoms with Crippen LogP contribution in [0.5, 0.6) is 11.5 Å². The van der Waals surface area contributed by atoms with Crippen LogP contribution in [-0.4, -0.2) is 26.1 Å². The molecule has 3 nitrogen and oxygen atoms in total. The van der Waals surface area contributed by atoms with Gasteiger partial charge in [0.05, 0.1) is 0 Å². The molecule has 0 bridgehead atoms. The van der Waals surface area contributed by atoms with Crippen LogP contribution in [0.15, 0.2) is 35.9 Å². The number of benzene rings is 1. The van der Waals surface area contributed by atoms with Gasteiger partial charge in [0, 0.05) is 0 Å². The molecule has 0 radical (unpaired) electrons. The summed E-state index contributed by atoms with van der Waals surface area (Å²) < 4.78 is 45.5. The number of unbranched alkanes of at least 4 members (excludes halogenated alkanes) is 1. The first-order valence-corrected chi connectivity index (χ1v) is 11.4. The number of alkyl halides is 3. The van der Waals surface area contributed by atoms with Gasteiger partial charge in [-0.1, -0.05) is 54.0 Å². The molecule has 0 spiro atoms. The van der Waals surface area contributed by atoms with E-state index in [-0.39, 0.29) is 5.75 Å². The maximum atomic E-state index is 12.0. The molecular formula is C26H42F3NO2. The fraction of sp³-hybridized carbons (Fsp3) is 0.615. The summed E-state index contributed by atoms with van der Waals surface area (Å²) in [4.78, 5) is 0. The highest BCUT2D eigenvalue weighted by molar-refractivity contribution is 5.31. The van der Waals surface area contributed by atoms with E-state index in [9.17, 15) is 13.2 Å². The molecule has 1 aliphatic rings. The molecule has 1 aliphatic heterocycles. The lowest BCUT2D eigenvalue weighted by Gasteiger charge is -2.17. The SMILES string of the molecule is C#C.CC.CC1CCNCC1.CCC/C=C(\COc1ccc(OC(F)(F)F)cc1)C(C)C. The molecule has 1 aromatic carbocycles. The smallest absolute Gasteiger partial charge is 0.489 e. The van der Waals surface area contributed by atoms with Gasteiger partial charge >= 0.3 is 6.36 Å². The van der Waals surface area contributed by atoms with E-state index in [0.29, 0.717) is 18.3 Å². The minimum atomic E-state index is -4.67. The topological polar surface area (TPSA) is 30.5 Å². The molecule has 1 aromatic rings. The van der Waals surface area contributed by atoms with Crippen molar-refractivity contribution >= 4 is 0 Å². The largest absolute Gasteiger partial charge is 0.573 e. The van der Waals surface area contributed by atoms with Gasteiger partial charge in [-0.05, 0) is 74.0 Å². The van der Waals surface area contributed by atoms with Crippen molar-refractivity contribution in [3.8, 4) is 24.3 Å². The van der Waals surface area contributed by atoms with Gasteiger partial charge in [0.25, 0.3) is 0 Å². The number of allylic oxidation sites excluding steroid dienone is 1. The van der Waals surface area contributed by atoms with Crippen molar-refractivity contribution < 1.29 is 22.6 Å². The van der Waals surface area contributed by atoms with E-state index in [4.69, 9.17) is 4.74 Å². The summed E-state index contributed by atoms with van der Waals surface area (Å²) >= 11 is 0. The van der Waals surface area contributed by atoms with Crippen LogP contribution in [0.4, 0.5) is 13.2 Å². The first kappa shape index (κ1) is 32.1. The second-order valence-electron chi connectivity index (χ2n) is 7.46. The van der Waals surface area contributed by atoms with Gasteiger partial charge in [-0.15, -0.1) is 26.0 Å². The first-order chi connectivity index (χ1) is 15.2. The first-order valence-electron chi connectivity index (χ1n) is 11.4. The fourth-order valence-electron chi connectivity index (χ4n) is 2.66. The van der Waals surface area contributed by atoms with Crippen molar-refractivity contribution in [3.05, 3.63) is 35.9 Å². The number of halogens is 3. The third-order valence-corrected chi connectivity index (χ3v) is 4.53. The Bertz CT molecular complexity index is 602. The summed E-state index contributed by atoms with van der Waals surface area (Å²) in [6.07, 6.45) is 10.3. The zero-order valence-corrected chi connectivity index (χ0v) is 20.6. The van der Waals surface area contributed by atoms with Gasteiger partial charge in [0.1, 0.15) is 18.1 Å². The van der Waals surface area contributed by atoms with Crippen molar-refractivity contribution in [2.24, 2.45) is 11.8 Å². The predicted octanol–water partition coefficient (Wildman–Crippen LogP) is 7.63. The second-order valence-corrected chi connectivity index (χ2v) is 7.46. The van der Waals surface area contributed by atoms with Crippen LogP contribution in [0.25, 0.3) is 0 Å². The summed E-state index contributed by atoms with van der Waals surface area (Å²) in [5.74, 6) is 1.62. The van der Waals surface area contributed by atoms with Crippen LogP contribution >= 0.6 is 0 Å². The quantitative estimate of drug-likeness (QED) is 0.337. The molecule has 32 heavy (non-hydrogen) atoms. The third kappa shape index (κ3) is 17.5. The molecule has 1 N–H and O–H groups in total. The fourth-order valence-corrected chi connectivity index (χ4v) is 2.66. The van der Waals surface area contributed by atoms with Gasteiger partial charge in [0.2, 0.25) is 0 Å². The monoisotopic (exact) mass is 457 g/mol. The van der Waals surface area contributed by atoms with Gasteiger partial charge < -0.3 is 14.8 Å². The Morgan fingerprint density at radius 3 is 1.97 bits per heavy atom. The Kier molecular flexibility index (Phi) is 19.6. The normalized spacial score (nSPS) is 14.1. The minimum Gasteiger partial charge on any atom is -0.489 e. The number of piperidine rings is 1. The summed E-state index contributed by atoms with van der Waals surface area (Å²) in [6, 6.07) is 5.43. The van der Waals surface area contributed by atoms with Crippen LogP contribution in [0.3, 0.4) is 0 Å². The second kappa shape index (κ2) is 19.5. The Morgan fingerprint density at radius 2 is 1.59 bits per heavy atom. The number of terminal acetylenes is 1. The molecule has 0 atom stereocenters. The third-order valence-electron chi connectivity index (χ3n) is 4.53. The van der Waals surface area contributed by atoms with Crippen LogP contribution in [0.2, 0.25) is 0 Å². The summed E-state index contributed by atoms with van der Waals surface area (Å²) in [7, 11) is 0. The zero-order valence-electron chi connectivity index (χ0n) is 20.6. The Morgan fingerprint density at radius 1 is 1.09 bits per heavy atom. The van der Waals surface area contributed by atoms with Gasteiger partial charge in [-0.25, -0.2) is 0 Å². The molecule has 1 heterocycles. The number of hydrogen-bond acceptors (Lipinski definition) is 3. The highest BCUT2D eigenvalue weighted by Crippen LogP contribution is 2.25. The average molecular weight is 458 g/mol. The van der Waals surface area contributed by atoms with Crippen molar-refractivity contribution in [2.45, 2.75) is 73.6 Å². The Labute approximate surface area is 193 Å². The summed E-state index contributed by atoms with van der Waals surface area (Å²) in [5, 5.41) is 3.32. The van der Waals surface area contributed by atoms with E-state index in [0.717, 1.165) is 18.8 Å². The molecule has 0 unspecified atom stereocenters. The lowest BCUT2D eigenvalue weighted by Crippen LogP contribution is -2.26. The summed E-state index contributed by atoms with van der Waals surface area (Å²) in [5.41, 5.74) is 1.19. The van der Waals surface area contributed by atoms with E-state index < -0.39 is 6.36 Å². The molecule has 0 aromatic heterocycles. The standard InChI is InChI=1S/C16H21F3O2.C6H13N.C2H6.C2H2/c1-4-5-6-13(12(2)3)11-20-14-7-9-15(10-8-14)21-16(17,18)19;1-6-2-4-7-5-3-6;2*1-2/h6-10,12H,4-5,11H2,1-3H3;6-7H,2-5H2,1H3;1-2H3;1-2H/b13-6+;;;. The number of rotatable bonds is 7. The summed E-state index contributed by atoms with van der Waals surface area (Å²) in [6.45, 7) is 15.5. The van der Waals surface area contributed by atoms with Crippen LogP contribution < -0.4 is 14.8 Å². The lowest BCUT2D eigenvalue weighted by atomic mass is 10.0. The number of hydrogen-bond donors (Lipinski definition) is 1. The van der Waals surface area contributed by atoms with Gasteiger partial charge in [-0.2, -0.15) is 0 Å². The van der Waals surface area contributed by atoms with E-state index in [1.54, 1.807) is 0 Å². The maximum absolute atomic E-state index is 12.0. The molecule has 1 fully saturated rings. The van der Waals surface area contributed by atoms with Crippen LogP contribution in [-0.2, 0) is 0 Å². The molecule has 2 rings (SSSR count). The Balaban J connectivity index is 0. The minimum absolute atomic E-state index is 0.250. The average Bonchev–Trinajstić information content (AvgIpc) is 2.77. The molecular weight excluding hydrogens is 415 g/mol. The number of ether oxygens (including phenoxy) is 2. The van der Waals surface area contributed by atoms with Crippen molar-refractivity contribution in [1.82, 2.24) is 5.32 Å². The zero-order chi connectivity index (χ0) is 25.0. The van der Waals surface area contributed by atoms with Gasteiger partial charge in [0.15, 0.2) is 0 Å². The predicted molar refractivity (Wildman–Crippen MR) is 129 cm³/mol. The molecule has 0 amide bonds. The van der Waals surface area contributed by atoms with E-state index in [1.807, 2.05) is 13.8 Å². The number of nitrogens with one attached hydrogen (secondary N) is 1. The van der Waals surface area contributed by atoms with Crippen LogP contribution in [0, 0.1) is 24.7 Å². The molecule has 0 aliphatic carbocycles. The molecule has 1 saturated heterocycles. The van der Waals surface area contributed by atoms with Crippen LogP contribution in [0.1, 0.15) is 67.2 Å². The van der Waals surface area contributed by atoms with Gasteiger partial charge in [-0.3, -0.25) is 0 Å². The van der Waals surface area contributed by atoms with E-state index in [1.165, 1.54) is 55.8 Å².